The minimum Gasteiger partial charge on any atom is -0.494 e. The van der Waals surface area contributed by atoms with Crippen LogP contribution < -0.4 is 14.4 Å². The number of carbonyl (C=O) groups excluding carboxylic acids is 1. The van der Waals surface area contributed by atoms with Crippen molar-refractivity contribution in [3.63, 3.8) is 0 Å². The van der Waals surface area contributed by atoms with Crippen LogP contribution in [-0.4, -0.2) is 53.8 Å². The second-order valence-electron chi connectivity index (χ2n) is 9.16. The van der Waals surface area contributed by atoms with Crippen LogP contribution in [0.1, 0.15) is 18.1 Å². The normalized spacial score (nSPS) is 12.8. The van der Waals surface area contributed by atoms with Crippen molar-refractivity contribution in [1.82, 2.24) is 9.88 Å². The predicted octanol–water partition coefficient (Wildman–Crippen LogP) is 5.85. The zero-order valence-electron chi connectivity index (χ0n) is 21.2. The highest BCUT2D eigenvalue weighted by molar-refractivity contribution is 6.31. The van der Waals surface area contributed by atoms with E-state index in [0.29, 0.717) is 51.1 Å². The van der Waals surface area contributed by atoms with Crippen LogP contribution in [0.3, 0.4) is 0 Å². The van der Waals surface area contributed by atoms with Gasteiger partial charge in [-0.05, 0) is 68.7 Å². The van der Waals surface area contributed by atoms with E-state index in [0.717, 1.165) is 17.6 Å². The Labute approximate surface area is 225 Å². The van der Waals surface area contributed by atoms with Gasteiger partial charge in [-0.1, -0.05) is 17.7 Å². The number of anilines is 1. The molecule has 9 heteroatoms. The van der Waals surface area contributed by atoms with Gasteiger partial charge in [-0.25, -0.2) is 4.99 Å². The maximum absolute atomic E-state index is 12.3. The van der Waals surface area contributed by atoms with Crippen molar-refractivity contribution in [2.24, 2.45) is 4.99 Å². The number of carbonyl (C=O) groups is 1. The topological polar surface area (TPSA) is 90.4 Å². The Hall–Kier alpha value is -4.27. The molecule has 3 aromatic carbocycles. The van der Waals surface area contributed by atoms with Gasteiger partial charge in [0.05, 0.1) is 22.5 Å². The van der Waals surface area contributed by atoms with Gasteiger partial charge in [-0.2, -0.15) is 0 Å². The summed E-state index contributed by atoms with van der Waals surface area (Å²) in [6.45, 7) is 2.88. The third-order valence-electron chi connectivity index (χ3n) is 6.19. The molecule has 4 aromatic rings. The first-order valence-corrected chi connectivity index (χ1v) is 12.4. The Morgan fingerprint density at radius 2 is 1.71 bits per heavy atom. The predicted molar refractivity (Wildman–Crippen MR) is 150 cm³/mol. The number of aromatic hydroxyl groups is 1. The minimum absolute atomic E-state index is 0.0288. The Balaban J connectivity index is 1.60. The molecule has 0 saturated heterocycles. The van der Waals surface area contributed by atoms with Crippen molar-refractivity contribution in [1.29, 1.82) is 0 Å². The van der Waals surface area contributed by atoms with Crippen LogP contribution >= 0.6 is 11.6 Å². The van der Waals surface area contributed by atoms with Crippen LogP contribution in [0.4, 0.5) is 11.4 Å². The highest BCUT2D eigenvalue weighted by Gasteiger charge is 2.21. The monoisotopic (exact) mass is 530 g/mol. The molecule has 38 heavy (non-hydrogen) atoms. The van der Waals surface area contributed by atoms with Crippen LogP contribution in [0.2, 0.25) is 5.02 Å². The molecule has 0 atom stereocenters. The smallest absolute Gasteiger partial charge is 0.223 e. The molecular formula is C29H27ClN4O4. The summed E-state index contributed by atoms with van der Waals surface area (Å²) in [6.07, 6.45) is 2.93. The number of H-pyrrole nitrogens is 1. The molecule has 0 unspecified atom stereocenters. The summed E-state index contributed by atoms with van der Waals surface area (Å²) in [5.74, 6) is 1.06. The van der Waals surface area contributed by atoms with E-state index in [4.69, 9.17) is 26.1 Å². The molecule has 0 spiro atoms. The third-order valence-corrected chi connectivity index (χ3v) is 6.43. The first-order valence-electron chi connectivity index (χ1n) is 12.0. The number of fused-ring (bicyclic) bond motifs is 2. The second kappa shape index (κ2) is 10.6. The SMILES string of the molecule is CC(=O)N(CCN(C)C)c1ccc(N=C(c2ccc3c(c2)OC=CO3)c2c(O)[nH]c3cc(Cl)ccc23)cc1. The summed E-state index contributed by atoms with van der Waals surface area (Å²) in [6, 6.07) is 18.3. The lowest BCUT2D eigenvalue weighted by Crippen LogP contribution is -2.35. The number of nitrogens with one attached hydrogen (secondary N) is 1. The van der Waals surface area contributed by atoms with Crippen molar-refractivity contribution >= 4 is 45.5 Å². The van der Waals surface area contributed by atoms with Crippen molar-refractivity contribution < 1.29 is 19.4 Å². The van der Waals surface area contributed by atoms with E-state index < -0.39 is 0 Å². The minimum atomic E-state index is -0.0310. The number of aliphatic imine (C=N–C) groups is 1. The molecule has 1 aromatic heterocycles. The largest absolute Gasteiger partial charge is 0.494 e. The number of benzene rings is 3. The van der Waals surface area contributed by atoms with Gasteiger partial charge in [0.1, 0.15) is 12.5 Å². The van der Waals surface area contributed by atoms with E-state index in [1.165, 1.54) is 12.5 Å². The van der Waals surface area contributed by atoms with Crippen molar-refractivity contribution in [2.45, 2.75) is 6.92 Å². The first kappa shape index (κ1) is 25.4. The van der Waals surface area contributed by atoms with Gasteiger partial charge >= 0.3 is 0 Å². The molecule has 2 N–H and O–H groups in total. The number of aromatic amines is 1. The van der Waals surface area contributed by atoms with Crippen molar-refractivity contribution in [2.75, 3.05) is 32.1 Å². The Morgan fingerprint density at radius 3 is 2.42 bits per heavy atom. The first-order chi connectivity index (χ1) is 18.3. The summed E-state index contributed by atoms with van der Waals surface area (Å²) in [5, 5.41) is 12.3. The van der Waals surface area contributed by atoms with Gasteiger partial charge < -0.3 is 29.4 Å². The summed E-state index contributed by atoms with van der Waals surface area (Å²) in [4.78, 5) is 24.0. The highest BCUT2D eigenvalue weighted by atomic mass is 35.5. The van der Waals surface area contributed by atoms with E-state index in [-0.39, 0.29) is 11.8 Å². The highest BCUT2D eigenvalue weighted by Crippen LogP contribution is 2.36. The fraction of sp³-hybridized carbons (Fsp3) is 0.172. The Morgan fingerprint density at radius 1 is 0.974 bits per heavy atom. The van der Waals surface area contributed by atoms with E-state index in [9.17, 15) is 9.90 Å². The summed E-state index contributed by atoms with van der Waals surface area (Å²) >= 11 is 6.19. The van der Waals surface area contributed by atoms with E-state index in [2.05, 4.69) is 4.98 Å². The van der Waals surface area contributed by atoms with Gasteiger partial charge in [0.25, 0.3) is 0 Å². The van der Waals surface area contributed by atoms with Crippen LogP contribution in [0, 0.1) is 0 Å². The van der Waals surface area contributed by atoms with E-state index >= 15 is 0 Å². The fourth-order valence-corrected chi connectivity index (χ4v) is 4.48. The van der Waals surface area contributed by atoms with Gasteiger partial charge in [-0.3, -0.25) is 4.79 Å². The number of rotatable bonds is 7. The van der Waals surface area contributed by atoms with Crippen LogP contribution in [-0.2, 0) is 4.79 Å². The number of halogens is 1. The molecule has 0 radical (unpaired) electrons. The maximum atomic E-state index is 12.3. The number of amides is 1. The molecule has 2 heterocycles. The number of hydrogen-bond acceptors (Lipinski definition) is 6. The van der Waals surface area contributed by atoms with Crippen LogP contribution in [0.25, 0.3) is 10.9 Å². The maximum Gasteiger partial charge on any atom is 0.223 e. The van der Waals surface area contributed by atoms with Crippen molar-refractivity contribution in [3.8, 4) is 17.4 Å². The molecular weight excluding hydrogens is 504 g/mol. The Bertz CT molecular complexity index is 1560. The molecule has 1 amide bonds. The standard InChI is InChI=1S/C29H27ClN4O4/c1-18(35)34(13-12-33(2)3)22-8-6-21(7-9-22)31-28(19-4-11-25-26(16-19)38-15-14-37-25)27-23-10-5-20(30)17-24(23)32-29(27)36/h4-11,14-17,32,36H,12-13H2,1-3H3. The average Bonchev–Trinajstić information content (AvgIpc) is 3.22. The zero-order chi connectivity index (χ0) is 26.8. The molecule has 1 aliphatic rings. The lowest BCUT2D eigenvalue weighted by atomic mass is 10.00. The zero-order valence-corrected chi connectivity index (χ0v) is 22.0. The molecule has 0 saturated carbocycles. The quantitative estimate of drug-likeness (QED) is 0.292. The number of ether oxygens (including phenoxy) is 2. The van der Waals surface area contributed by atoms with Gasteiger partial charge in [0.15, 0.2) is 17.4 Å². The molecule has 5 rings (SSSR count). The summed E-state index contributed by atoms with van der Waals surface area (Å²) < 4.78 is 11.1. The van der Waals surface area contributed by atoms with Gasteiger partial charge in [0, 0.05) is 41.7 Å². The van der Waals surface area contributed by atoms with E-state index in [1.807, 2.05) is 61.5 Å². The van der Waals surface area contributed by atoms with E-state index in [1.54, 1.807) is 30.0 Å². The lowest BCUT2D eigenvalue weighted by Gasteiger charge is -2.23. The number of nitrogens with zero attached hydrogens (tertiary/aromatic N) is 3. The number of likely N-dealkylation sites (N-methyl/N-ethyl adjacent to an activating group) is 1. The van der Waals surface area contributed by atoms with Gasteiger partial charge in [0.2, 0.25) is 5.91 Å². The average molecular weight is 531 g/mol. The second-order valence-corrected chi connectivity index (χ2v) is 9.60. The summed E-state index contributed by atoms with van der Waals surface area (Å²) in [5.41, 5.74) is 3.90. The third kappa shape index (κ3) is 5.22. The fourth-order valence-electron chi connectivity index (χ4n) is 4.31. The summed E-state index contributed by atoms with van der Waals surface area (Å²) in [7, 11) is 3.94. The molecule has 0 bridgehead atoms. The van der Waals surface area contributed by atoms with Crippen LogP contribution in [0.5, 0.6) is 17.4 Å². The van der Waals surface area contributed by atoms with Crippen molar-refractivity contribution in [3.05, 3.63) is 89.3 Å². The number of hydrogen-bond donors (Lipinski definition) is 2. The lowest BCUT2D eigenvalue weighted by molar-refractivity contribution is -0.116. The number of aromatic nitrogens is 1. The molecule has 8 nitrogen and oxygen atoms in total. The molecule has 194 valence electrons. The molecule has 1 aliphatic heterocycles. The van der Waals surface area contributed by atoms with Gasteiger partial charge in [-0.15, -0.1) is 0 Å². The van der Waals surface area contributed by atoms with Crippen LogP contribution in [0.15, 0.2) is 78.2 Å². The Kier molecular flexibility index (Phi) is 7.09. The molecule has 0 aliphatic carbocycles. The molecule has 0 fully saturated rings.